The Morgan fingerprint density at radius 3 is 2.72 bits per heavy atom. The number of likely N-dealkylation sites (tertiary alicyclic amines) is 1. The third-order valence-electron chi connectivity index (χ3n) is 3.71. The first-order valence-corrected chi connectivity index (χ1v) is 6.76. The van der Waals surface area contributed by atoms with Crippen molar-refractivity contribution in [2.75, 3.05) is 13.1 Å². The fraction of sp³-hybridized carbons (Fsp3) is 0.462. The maximum absolute atomic E-state index is 13.1. The van der Waals surface area contributed by atoms with E-state index in [-0.39, 0.29) is 5.91 Å². The fourth-order valence-electron chi connectivity index (χ4n) is 2.47. The van der Waals surface area contributed by atoms with E-state index < -0.39 is 11.4 Å². The van der Waals surface area contributed by atoms with E-state index >= 15 is 0 Å². The lowest BCUT2D eigenvalue weighted by Gasteiger charge is -2.47. The Hall–Kier alpha value is -0.940. The molecule has 1 aromatic rings. The summed E-state index contributed by atoms with van der Waals surface area (Å²) in [5.74, 6) is -0.316. The van der Waals surface area contributed by atoms with E-state index in [1.807, 2.05) is 0 Å². The molecule has 0 bridgehead atoms. The van der Waals surface area contributed by atoms with Gasteiger partial charge in [-0.05, 0) is 52.9 Å². The lowest BCUT2D eigenvalue weighted by Crippen LogP contribution is -2.64. The third-order valence-corrected chi connectivity index (χ3v) is 4.40. The standard InChI is InChI=1S/C13H13BrFNO2/c14-11-4-3-9(15)5-10(11)12(17)16-6-13(18,7-16)8-1-2-8/h3-5,8,18H,1-2,6-7H2. The summed E-state index contributed by atoms with van der Waals surface area (Å²) >= 11 is 3.25. The predicted molar refractivity (Wildman–Crippen MR) is 67.7 cm³/mol. The van der Waals surface area contributed by atoms with Crippen molar-refractivity contribution >= 4 is 21.8 Å². The summed E-state index contributed by atoms with van der Waals surface area (Å²) in [6.45, 7) is 0.721. The number of rotatable bonds is 2. The molecule has 3 rings (SSSR count). The van der Waals surface area contributed by atoms with Gasteiger partial charge < -0.3 is 10.0 Å². The SMILES string of the molecule is O=C(c1cc(F)ccc1Br)N1CC(O)(C2CC2)C1. The van der Waals surface area contributed by atoms with Crippen LogP contribution in [0, 0.1) is 11.7 Å². The molecule has 18 heavy (non-hydrogen) atoms. The minimum atomic E-state index is -0.699. The van der Waals surface area contributed by atoms with Crippen LogP contribution >= 0.6 is 15.9 Å². The van der Waals surface area contributed by atoms with Gasteiger partial charge in [-0.25, -0.2) is 4.39 Å². The van der Waals surface area contributed by atoms with E-state index in [0.717, 1.165) is 12.8 Å². The number of nitrogens with zero attached hydrogens (tertiary/aromatic N) is 1. The zero-order valence-corrected chi connectivity index (χ0v) is 11.3. The smallest absolute Gasteiger partial charge is 0.255 e. The first-order valence-electron chi connectivity index (χ1n) is 5.96. The van der Waals surface area contributed by atoms with Crippen LogP contribution in [-0.2, 0) is 0 Å². The largest absolute Gasteiger partial charge is 0.386 e. The van der Waals surface area contributed by atoms with E-state index in [1.165, 1.54) is 18.2 Å². The number of hydrogen-bond acceptors (Lipinski definition) is 2. The number of benzene rings is 1. The Balaban J connectivity index is 1.74. The van der Waals surface area contributed by atoms with E-state index in [1.54, 1.807) is 4.90 Å². The molecule has 1 heterocycles. The molecule has 0 atom stereocenters. The summed E-state index contributed by atoms with van der Waals surface area (Å²) in [4.78, 5) is 13.7. The van der Waals surface area contributed by atoms with Crippen molar-refractivity contribution in [3.63, 3.8) is 0 Å². The van der Waals surface area contributed by atoms with Crippen molar-refractivity contribution < 1.29 is 14.3 Å². The number of amides is 1. The molecule has 1 saturated carbocycles. The number of carbonyl (C=O) groups is 1. The van der Waals surface area contributed by atoms with Crippen molar-refractivity contribution in [2.45, 2.75) is 18.4 Å². The number of hydrogen-bond donors (Lipinski definition) is 1. The van der Waals surface area contributed by atoms with Crippen molar-refractivity contribution in [3.05, 3.63) is 34.1 Å². The van der Waals surface area contributed by atoms with Gasteiger partial charge in [0, 0.05) is 4.47 Å². The van der Waals surface area contributed by atoms with Crippen LogP contribution in [-0.4, -0.2) is 34.6 Å². The van der Waals surface area contributed by atoms with Crippen LogP contribution in [0.1, 0.15) is 23.2 Å². The van der Waals surface area contributed by atoms with Gasteiger partial charge in [0.15, 0.2) is 0 Å². The Bertz CT molecular complexity index is 510. The van der Waals surface area contributed by atoms with Gasteiger partial charge >= 0.3 is 0 Å². The van der Waals surface area contributed by atoms with Crippen molar-refractivity contribution in [3.8, 4) is 0 Å². The van der Waals surface area contributed by atoms with Crippen LogP contribution in [0.25, 0.3) is 0 Å². The molecule has 2 aliphatic rings. The molecule has 0 aromatic heterocycles. The first kappa shape index (κ1) is 12.1. The van der Waals surface area contributed by atoms with Gasteiger partial charge in [0.1, 0.15) is 11.4 Å². The van der Waals surface area contributed by atoms with Crippen LogP contribution < -0.4 is 0 Å². The molecule has 0 spiro atoms. The minimum absolute atomic E-state index is 0.230. The zero-order valence-electron chi connectivity index (χ0n) is 9.70. The molecule has 1 aromatic carbocycles. The fourth-order valence-corrected chi connectivity index (χ4v) is 2.89. The molecule has 1 aliphatic heterocycles. The Morgan fingerprint density at radius 1 is 1.44 bits per heavy atom. The van der Waals surface area contributed by atoms with Gasteiger partial charge in [-0.1, -0.05) is 0 Å². The molecule has 1 amide bonds. The molecule has 1 N–H and O–H groups in total. The van der Waals surface area contributed by atoms with Crippen LogP contribution in [0.4, 0.5) is 4.39 Å². The predicted octanol–water partition coefficient (Wildman–Crippen LogP) is 2.19. The van der Waals surface area contributed by atoms with Gasteiger partial charge in [-0.2, -0.15) is 0 Å². The Kier molecular flexibility index (Phi) is 2.71. The van der Waals surface area contributed by atoms with Gasteiger partial charge in [-0.15, -0.1) is 0 Å². The monoisotopic (exact) mass is 313 g/mol. The average molecular weight is 314 g/mol. The summed E-state index contributed by atoms with van der Waals surface area (Å²) in [5, 5.41) is 10.2. The molecule has 1 saturated heterocycles. The molecular weight excluding hydrogens is 301 g/mol. The highest BCUT2D eigenvalue weighted by atomic mass is 79.9. The van der Waals surface area contributed by atoms with Gasteiger partial charge in [-0.3, -0.25) is 4.79 Å². The second-order valence-electron chi connectivity index (χ2n) is 5.16. The lowest BCUT2D eigenvalue weighted by atomic mass is 9.88. The van der Waals surface area contributed by atoms with E-state index in [9.17, 15) is 14.3 Å². The quantitative estimate of drug-likeness (QED) is 0.909. The summed E-state index contributed by atoms with van der Waals surface area (Å²) in [7, 11) is 0. The van der Waals surface area contributed by atoms with Crippen LogP contribution in [0.3, 0.4) is 0 Å². The molecular formula is C13H13BrFNO2. The van der Waals surface area contributed by atoms with E-state index in [0.29, 0.717) is 29.0 Å². The zero-order chi connectivity index (χ0) is 12.9. The molecule has 1 aliphatic carbocycles. The Morgan fingerprint density at radius 2 is 2.11 bits per heavy atom. The Labute approximate surface area is 113 Å². The van der Waals surface area contributed by atoms with E-state index in [2.05, 4.69) is 15.9 Å². The second kappa shape index (κ2) is 4.03. The average Bonchev–Trinajstić information content (AvgIpc) is 3.11. The van der Waals surface area contributed by atoms with Crippen molar-refractivity contribution in [1.29, 1.82) is 0 Å². The van der Waals surface area contributed by atoms with Gasteiger partial charge in [0.25, 0.3) is 5.91 Å². The first-order chi connectivity index (χ1) is 8.49. The highest BCUT2D eigenvalue weighted by Gasteiger charge is 2.53. The summed E-state index contributed by atoms with van der Waals surface area (Å²) in [5.41, 5.74) is -0.386. The number of carbonyl (C=O) groups excluding carboxylic acids is 1. The summed E-state index contributed by atoms with van der Waals surface area (Å²) < 4.78 is 13.7. The van der Waals surface area contributed by atoms with Crippen LogP contribution in [0.15, 0.2) is 22.7 Å². The maximum Gasteiger partial charge on any atom is 0.255 e. The summed E-state index contributed by atoms with van der Waals surface area (Å²) in [6.07, 6.45) is 2.09. The molecule has 0 unspecified atom stereocenters. The topological polar surface area (TPSA) is 40.5 Å². The number of aliphatic hydroxyl groups is 1. The van der Waals surface area contributed by atoms with E-state index in [4.69, 9.17) is 0 Å². The van der Waals surface area contributed by atoms with Crippen molar-refractivity contribution in [2.24, 2.45) is 5.92 Å². The third kappa shape index (κ3) is 1.95. The molecule has 5 heteroatoms. The maximum atomic E-state index is 13.1. The molecule has 2 fully saturated rings. The van der Waals surface area contributed by atoms with Gasteiger partial charge in [0.05, 0.1) is 18.7 Å². The lowest BCUT2D eigenvalue weighted by molar-refractivity contribution is -0.0958. The number of halogens is 2. The summed E-state index contributed by atoms with van der Waals surface area (Å²) in [6, 6.07) is 4.05. The van der Waals surface area contributed by atoms with Crippen molar-refractivity contribution in [1.82, 2.24) is 4.90 Å². The van der Waals surface area contributed by atoms with Crippen LogP contribution in [0.5, 0.6) is 0 Å². The normalized spacial score (nSPS) is 21.6. The molecule has 3 nitrogen and oxygen atoms in total. The molecule has 96 valence electrons. The second-order valence-corrected chi connectivity index (χ2v) is 6.02. The van der Waals surface area contributed by atoms with Gasteiger partial charge in [0.2, 0.25) is 0 Å². The highest BCUT2D eigenvalue weighted by molar-refractivity contribution is 9.10. The minimum Gasteiger partial charge on any atom is -0.386 e. The molecule has 0 radical (unpaired) electrons. The highest BCUT2D eigenvalue weighted by Crippen LogP contribution is 2.44. The van der Waals surface area contributed by atoms with Crippen LogP contribution in [0.2, 0.25) is 0 Å². The number of β-amino-alcohol motifs (C(OH)–C–C–N with tert-alkyl or cyclic N) is 1.